The van der Waals surface area contributed by atoms with Gasteiger partial charge in [-0.2, -0.15) is 0 Å². The highest BCUT2D eigenvalue weighted by Gasteiger charge is 2.23. The van der Waals surface area contributed by atoms with Crippen molar-refractivity contribution in [3.8, 4) is 0 Å². The number of carbonyl (C=O) groups excluding carboxylic acids is 2. The molecular formula is C10H9NO2. The molecule has 0 bridgehead atoms. The lowest BCUT2D eigenvalue weighted by Crippen LogP contribution is -2.16. The molecule has 13 heavy (non-hydrogen) atoms. The third kappa shape index (κ3) is 1.09. The number of hydrogen-bond acceptors (Lipinski definition) is 3. The van der Waals surface area contributed by atoms with Gasteiger partial charge in [0.05, 0.1) is 5.56 Å². The van der Waals surface area contributed by atoms with Crippen LogP contribution in [0.2, 0.25) is 0 Å². The van der Waals surface area contributed by atoms with E-state index in [1.165, 1.54) is 12.3 Å². The summed E-state index contributed by atoms with van der Waals surface area (Å²) in [5.74, 6) is -0.296. The molecule has 3 heteroatoms. The van der Waals surface area contributed by atoms with Crippen molar-refractivity contribution >= 4 is 11.6 Å². The molecule has 0 aliphatic heterocycles. The molecule has 1 aromatic rings. The zero-order valence-electron chi connectivity index (χ0n) is 7.07. The zero-order valence-corrected chi connectivity index (χ0v) is 7.07. The first kappa shape index (κ1) is 7.86. The van der Waals surface area contributed by atoms with Gasteiger partial charge in [-0.15, -0.1) is 0 Å². The van der Waals surface area contributed by atoms with Crippen molar-refractivity contribution in [3.63, 3.8) is 0 Å². The average Bonchev–Trinajstić information content (AvgIpc) is 2.15. The topological polar surface area (TPSA) is 47.0 Å². The molecule has 0 N–H and O–H groups in total. The zero-order chi connectivity index (χ0) is 9.42. The fraction of sp³-hybridized carbons (Fsp3) is 0.100. The van der Waals surface area contributed by atoms with Gasteiger partial charge in [0.25, 0.3) is 0 Å². The van der Waals surface area contributed by atoms with Crippen molar-refractivity contribution in [1.82, 2.24) is 4.98 Å². The number of Topliss-reactive ketones (excluding diaryl/α,β-unsaturated/α-hetero) is 1. The van der Waals surface area contributed by atoms with Crippen LogP contribution in [0.15, 0.2) is 30.0 Å². The molecule has 0 unspecified atom stereocenters. The first-order chi connectivity index (χ1) is 6.20. The van der Waals surface area contributed by atoms with E-state index in [0.29, 0.717) is 11.1 Å². The molecule has 0 saturated carbocycles. The third-order valence-corrected chi connectivity index (χ3v) is 1.99. The number of ketones is 2. The average molecular weight is 175 g/mol. The smallest absolute Gasteiger partial charge is 0.207 e. The highest BCUT2D eigenvalue weighted by molar-refractivity contribution is 6.23. The summed E-state index contributed by atoms with van der Waals surface area (Å²) in [6.45, 7) is 1.62. The van der Waals surface area contributed by atoms with E-state index in [4.69, 9.17) is 0 Å². The van der Waals surface area contributed by atoms with Gasteiger partial charge in [0.1, 0.15) is 5.69 Å². The van der Waals surface area contributed by atoms with E-state index in [1.54, 1.807) is 19.1 Å². The van der Waals surface area contributed by atoms with Gasteiger partial charge in [0.2, 0.25) is 5.78 Å². The van der Waals surface area contributed by atoms with Crippen molar-refractivity contribution in [3.05, 3.63) is 41.2 Å². The fourth-order valence-electron chi connectivity index (χ4n) is 1.31. The summed E-state index contributed by atoms with van der Waals surface area (Å²) in [4.78, 5) is 26.7. The van der Waals surface area contributed by atoms with E-state index in [-0.39, 0.29) is 18.7 Å². The Bertz CT molecular complexity index is 438. The quantitative estimate of drug-likeness (QED) is 0.602. The summed E-state index contributed by atoms with van der Waals surface area (Å²) >= 11 is 0. The van der Waals surface area contributed by atoms with Gasteiger partial charge in [-0.1, -0.05) is 0 Å². The van der Waals surface area contributed by atoms with Gasteiger partial charge in [0, 0.05) is 13.2 Å². The molecule has 1 heterocycles. The van der Waals surface area contributed by atoms with Gasteiger partial charge in [-0.3, -0.25) is 14.6 Å². The number of carbonyl (C=O) groups is 2. The normalized spacial score (nSPS) is 15.3. The third-order valence-electron chi connectivity index (χ3n) is 1.99. The van der Waals surface area contributed by atoms with Crippen LogP contribution >= 0.6 is 0 Å². The number of rotatable bonds is 0. The summed E-state index contributed by atoms with van der Waals surface area (Å²) in [5, 5.41) is 0. The van der Waals surface area contributed by atoms with Crippen LogP contribution in [0.1, 0.15) is 29.2 Å². The molecule has 1 aliphatic rings. The lowest BCUT2D eigenvalue weighted by atomic mass is 9.95. The Balaban J connectivity index is 0.000000980. The summed E-state index contributed by atoms with van der Waals surface area (Å²) < 4.78 is 0. The monoisotopic (exact) mass is 175 g/mol. The number of allylic oxidation sites excluding steroid dienone is 2. The second-order valence-electron chi connectivity index (χ2n) is 2.92. The Kier molecular flexibility index (Phi) is 1.59. The largest absolute Gasteiger partial charge is 0.289 e. The predicted octanol–water partition coefficient (Wildman–Crippen LogP) is 1.65. The molecule has 1 aromatic heterocycles. The Morgan fingerprint density at radius 3 is 2.92 bits per heavy atom. The summed E-state index contributed by atoms with van der Waals surface area (Å²) in [6, 6.07) is 3.27. The summed E-state index contributed by atoms with van der Waals surface area (Å²) in [5.41, 5.74) is 1.13. The van der Waals surface area contributed by atoms with Gasteiger partial charge in [-0.05, 0) is 25.1 Å². The lowest BCUT2D eigenvalue weighted by molar-refractivity contribution is 0.0980. The van der Waals surface area contributed by atoms with E-state index in [1.807, 2.05) is 0 Å². The second-order valence-corrected chi connectivity index (χ2v) is 2.92. The number of fused-ring (bicyclic) bond motifs is 1. The van der Waals surface area contributed by atoms with Crippen LogP contribution in [-0.2, 0) is 0 Å². The fourth-order valence-corrected chi connectivity index (χ4v) is 1.31. The second kappa shape index (κ2) is 2.62. The molecule has 3 nitrogen and oxygen atoms in total. The van der Waals surface area contributed by atoms with E-state index in [0.717, 1.165) is 0 Å². The first-order valence-electron chi connectivity index (χ1n) is 3.92. The summed E-state index contributed by atoms with van der Waals surface area (Å²) in [6.07, 6.45) is 2.87. The van der Waals surface area contributed by atoms with E-state index in [2.05, 4.69) is 4.98 Å². The molecule has 2 rings (SSSR count). The highest BCUT2D eigenvalue weighted by atomic mass is 16.1. The molecule has 0 radical (unpaired) electrons. The van der Waals surface area contributed by atoms with Gasteiger partial charge < -0.3 is 0 Å². The maximum absolute atomic E-state index is 11.5. The highest BCUT2D eigenvalue weighted by Crippen LogP contribution is 2.17. The number of hydrogen-bond donors (Lipinski definition) is 0. The molecule has 66 valence electrons. The Morgan fingerprint density at radius 1 is 1.38 bits per heavy atom. The van der Waals surface area contributed by atoms with Crippen LogP contribution < -0.4 is 0 Å². The Morgan fingerprint density at radius 2 is 2.15 bits per heavy atom. The SMILES string of the molecule is CC1=CC(=O)c2cccnc2C1=O.[HH]. The van der Waals surface area contributed by atoms with Gasteiger partial charge in [-0.25, -0.2) is 0 Å². The van der Waals surface area contributed by atoms with Crippen molar-refractivity contribution in [1.29, 1.82) is 0 Å². The lowest BCUT2D eigenvalue weighted by Gasteiger charge is -2.09. The minimum absolute atomic E-state index is 0. The number of pyridine rings is 1. The molecule has 0 spiro atoms. The molecule has 0 atom stereocenters. The van der Waals surface area contributed by atoms with E-state index >= 15 is 0 Å². The van der Waals surface area contributed by atoms with Crippen molar-refractivity contribution in [2.45, 2.75) is 6.92 Å². The van der Waals surface area contributed by atoms with Crippen molar-refractivity contribution < 1.29 is 11.0 Å². The van der Waals surface area contributed by atoms with Crippen LogP contribution in [0.5, 0.6) is 0 Å². The number of aromatic nitrogens is 1. The number of nitrogens with zero attached hydrogens (tertiary/aromatic N) is 1. The van der Waals surface area contributed by atoms with Gasteiger partial charge in [0.15, 0.2) is 5.78 Å². The molecule has 0 amide bonds. The Hall–Kier alpha value is -1.77. The van der Waals surface area contributed by atoms with Gasteiger partial charge >= 0.3 is 0 Å². The van der Waals surface area contributed by atoms with Crippen molar-refractivity contribution in [2.24, 2.45) is 0 Å². The molecule has 0 fully saturated rings. The van der Waals surface area contributed by atoms with E-state index in [9.17, 15) is 9.59 Å². The maximum Gasteiger partial charge on any atom is 0.207 e. The molecule has 0 saturated heterocycles. The minimum Gasteiger partial charge on any atom is -0.289 e. The van der Waals surface area contributed by atoms with Crippen LogP contribution in [-0.4, -0.2) is 16.6 Å². The van der Waals surface area contributed by atoms with Crippen LogP contribution in [0, 0.1) is 0 Å². The van der Waals surface area contributed by atoms with Crippen LogP contribution in [0.4, 0.5) is 0 Å². The first-order valence-corrected chi connectivity index (χ1v) is 3.92. The summed E-state index contributed by atoms with van der Waals surface area (Å²) in [7, 11) is 0. The Labute approximate surface area is 76.6 Å². The van der Waals surface area contributed by atoms with Crippen LogP contribution in [0.25, 0.3) is 0 Å². The standard InChI is InChI=1S/C10H7NO2.H2/c1-6-5-8(12)7-3-2-4-11-9(7)10(6)13;/h2-5H,1H3;1H. The molecule has 0 aromatic carbocycles. The molecular weight excluding hydrogens is 166 g/mol. The van der Waals surface area contributed by atoms with Crippen molar-refractivity contribution in [2.75, 3.05) is 0 Å². The van der Waals surface area contributed by atoms with Crippen LogP contribution in [0.3, 0.4) is 0 Å². The minimum atomic E-state index is -0.157. The predicted molar refractivity (Wildman–Crippen MR) is 48.8 cm³/mol. The van der Waals surface area contributed by atoms with E-state index < -0.39 is 0 Å². The molecule has 1 aliphatic carbocycles. The maximum atomic E-state index is 11.5.